The lowest BCUT2D eigenvalue weighted by atomic mass is 9.99. The van der Waals surface area contributed by atoms with Gasteiger partial charge in [-0.05, 0) is 42.0 Å². The van der Waals surface area contributed by atoms with E-state index in [-0.39, 0.29) is 23.6 Å². The van der Waals surface area contributed by atoms with Crippen molar-refractivity contribution in [1.29, 1.82) is 0 Å². The molecule has 2 N–H and O–H groups in total. The number of H-pyrrole nitrogens is 1. The van der Waals surface area contributed by atoms with Gasteiger partial charge in [0.15, 0.2) is 0 Å². The van der Waals surface area contributed by atoms with E-state index in [1.165, 1.54) is 24.1 Å². The van der Waals surface area contributed by atoms with Gasteiger partial charge in [0.1, 0.15) is 11.3 Å². The highest BCUT2D eigenvalue weighted by Gasteiger charge is 2.34. The molecule has 2 aromatic carbocycles. The molecule has 0 saturated carbocycles. The van der Waals surface area contributed by atoms with Crippen molar-refractivity contribution >= 4 is 23.2 Å². The molecule has 10 heteroatoms. The molecule has 9 nitrogen and oxygen atoms in total. The first-order valence-corrected chi connectivity index (χ1v) is 10.0. The van der Waals surface area contributed by atoms with Gasteiger partial charge in [0, 0.05) is 18.4 Å². The monoisotopic (exact) mass is 454 g/mol. The standard InChI is InChI=1S/C22H19ClN4O5/c1-12(28)27-18(13-3-9-16(32-2)10-4-13)11-17(25-27)19-20(29)24-22(31)26(21(19)30)15-7-5-14(23)6-8-15/h3-10,18,30H,11H2,1-2H3,(H,24,29,31)/t18-/m1/s1. The van der Waals surface area contributed by atoms with Crippen LogP contribution in [0.2, 0.25) is 5.02 Å². The van der Waals surface area contributed by atoms with Crippen LogP contribution >= 0.6 is 11.6 Å². The largest absolute Gasteiger partial charge is 0.497 e. The lowest BCUT2D eigenvalue weighted by Gasteiger charge is -2.20. The number of benzene rings is 2. The van der Waals surface area contributed by atoms with E-state index in [1.54, 1.807) is 43.5 Å². The van der Waals surface area contributed by atoms with Crippen LogP contribution in [0.15, 0.2) is 63.2 Å². The van der Waals surface area contributed by atoms with Crippen molar-refractivity contribution in [1.82, 2.24) is 14.6 Å². The van der Waals surface area contributed by atoms with E-state index in [9.17, 15) is 19.5 Å². The Morgan fingerprint density at radius 1 is 1.16 bits per heavy atom. The van der Waals surface area contributed by atoms with E-state index in [4.69, 9.17) is 16.3 Å². The summed E-state index contributed by atoms with van der Waals surface area (Å²) in [5.74, 6) is -0.243. The molecule has 164 valence electrons. The molecule has 0 radical (unpaired) electrons. The maximum atomic E-state index is 12.6. The van der Waals surface area contributed by atoms with E-state index < -0.39 is 23.2 Å². The number of aromatic nitrogens is 2. The molecule has 1 aliphatic rings. The first-order valence-electron chi connectivity index (χ1n) is 9.66. The maximum Gasteiger partial charge on any atom is 0.335 e. The summed E-state index contributed by atoms with van der Waals surface area (Å²) in [6.07, 6.45) is 0.168. The number of carbonyl (C=O) groups is 1. The highest BCUT2D eigenvalue weighted by Crippen LogP contribution is 2.34. The number of hydrazone groups is 1. The number of rotatable bonds is 4. The van der Waals surface area contributed by atoms with Crippen LogP contribution < -0.4 is 16.0 Å². The molecule has 1 atom stereocenters. The number of ether oxygens (including phenoxy) is 1. The Balaban J connectivity index is 1.80. The number of methoxy groups -OCH3 is 1. The zero-order chi connectivity index (χ0) is 23.0. The number of aromatic amines is 1. The Bertz CT molecular complexity index is 1330. The predicted molar refractivity (Wildman–Crippen MR) is 119 cm³/mol. The first kappa shape index (κ1) is 21.4. The van der Waals surface area contributed by atoms with Gasteiger partial charge in [-0.15, -0.1) is 0 Å². The number of amides is 1. The van der Waals surface area contributed by atoms with Gasteiger partial charge in [-0.1, -0.05) is 23.7 Å². The number of nitrogens with one attached hydrogen (secondary N) is 1. The summed E-state index contributed by atoms with van der Waals surface area (Å²) in [5, 5.41) is 16.9. The third-order valence-electron chi connectivity index (χ3n) is 5.19. The topological polar surface area (TPSA) is 117 Å². The summed E-state index contributed by atoms with van der Waals surface area (Å²) in [6, 6.07) is 12.8. The molecule has 3 aromatic rings. The molecular formula is C22H19ClN4O5. The molecule has 1 aliphatic heterocycles. The fourth-order valence-corrected chi connectivity index (χ4v) is 3.78. The van der Waals surface area contributed by atoms with Crippen molar-refractivity contribution in [2.75, 3.05) is 7.11 Å². The van der Waals surface area contributed by atoms with Crippen LogP contribution in [0.1, 0.15) is 30.5 Å². The summed E-state index contributed by atoms with van der Waals surface area (Å²) in [5.41, 5.74) is -0.517. The van der Waals surface area contributed by atoms with Crippen LogP contribution in [-0.2, 0) is 4.79 Å². The molecule has 1 amide bonds. The first-order chi connectivity index (χ1) is 15.3. The van der Waals surface area contributed by atoms with Gasteiger partial charge in [-0.25, -0.2) is 14.4 Å². The molecule has 32 heavy (non-hydrogen) atoms. The molecule has 0 fully saturated rings. The Morgan fingerprint density at radius 3 is 2.41 bits per heavy atom. The lowest BCUT2D eigenvalue weighted by molar-refractivity contribution is -0.130. The molecule has 0 saturated heterocycles. The second kappa shape index (κ2) is 8.35. The number of carbonyl (C=O) groups excluding carboxylic acids is 1. The van der Waals surface area contributed by atoms with Crippen LogP contribution in [-0.4, -0.2) is 38.4 Å². The van der Waals surface area contributed by atoms with Crippen molar-refractivity contribution < 1.29 is 14.6 Å². The number of hydrogen-bond donors (Lipinski definition) is 2. The van der Waals surface area contributed by atoms with Crippen molar-refractivity contribution in [3.63, 3.8) is 0 Å². The minimum Gasteiger partial charge on any atom is -0.497 e. The molecule has 0 bridgehead atoms. The van der Waals surface area contributed by atoms with E-state index in [1.807, 2.05) is 0 Å². The Hall–Kier alpha value is -3.85. The number of hydrogen-bond acceptors (Lipinski definition) is 6. The Morgan fingerprint density at radius 2 is 1.81 bits per heavy atom. The van der Waals surface area contributed by atoms with Gasteiger partial charge in [0.05, 0.1) is 24.6 Å². The number of nitrogens with zero attached hydrogens (tertiary/aromatic N) is 3. The summed E-state index contributed by atoms with van der Waals surface area (Å²) in [6.45, 7) is 1.36. The molecule has 0 aliphatic carbocycles. The van der Waals surface area contributed by atoms with Crippen LogP contribution in [0.4, 0.5) is 0 Å². The minimum atomic E-state index is -0.813. The van der Waals surface area contributed by atoms with Gasteiger partial charge in [0.25, 0.3) is 5.56 Å². The smallest absolute Gasteiger partial charge is 0.335 e. The molecule has 0 spiro atoms. The van der Waals surface area contributed by atoms with E-state index in [2.05, 4.69) is 10.1 Å². The van der Waals surface area contributed by atoms with Crippen molar-refractivity contribution in [2.24, 2.45) is 5.10 Å². The fraction of sp³-hybridized carbons (Fsp3) is 0.182. The average molecular weight is 455 g/mol. The van der Waals surface area contributed by atoms with E-state index in [0.29, 0.717) is 16.5 Å². The molecular weight excluding hydrogens is 436 g/mol. The number of aromatic hydroxyl groups is 1. The maximum absolute atomic E-state index is 12.6. The lowest BCUT2D eigenvalue weighted by Crippen LogP contribution is -2.33. The minimum absolute atomic E-state index is 0.168. The summed E-state index contributed by atoms with van der Waals surface area (Å²) in [7, 11) is 1.55. The van der Waals surface area contributed by atoms with Crippen LogP contribution in [0.5, 0.6) is 11.6 Å². The molecule has 0 unspecified atom stereocenters. The van der Waals surface area contributed by atoms with Crippen LogP contribution in [0.3, 0.4) is 0 Å². The Kier molecular flexibility index (Phi) is 5.58. The fourth-order valence-electron chi connectivity index (χ4n) is 3.65. The zero-order valence-electron chi connectivity index (χ0n) is 17.2. The van der Waals surface area contributed by atoms with Gasteiger partial charge in [0.2, 0.25) is 11.8 Å². The highest BCUT2D eigenvalue weighted by atomic mass is 35.5. The molecule has 4 rings (SSSR count). The zero-order valence-corrected chi connectivity index (χ0v) is 18.0. The second-order valence-corrected chi connectivity index (χ2v) is 7.61. The second-order valence-electron chi connectivity index (χ2n) is 7.17. The summed E-state index contributed by atoms with van der Waals surface area (Å²) in [4.78, 5) is 39.5. The SMILES string of the molecule is COc1ccc([C@H]2CC(c3c(O)n(-c4ccc(Cl)cc4)c(=O)[nH]c3=O)=NN2C(C)=O)cc1. The number of halogens is 1. The third kappa shape index (κ3) is 3.78. The van der Waals surface area contributed by atoms with Gasteiger partial charge in [-0.3, -0.25) is 14.6 Å². The quantitative estimate of drug-likeness (QED) is 0.628. The van der Waals surface area contributed by atoms with Crippen molar-refractivity contribution in [2.45, 2.75) is 19.4 Å². The van der Waals surface area contributed by atoms with E-state index >= 15 is 0 Å². The van der Waals surface area contributed by atoms with Crippen LogP contribution in [0, 0.1) is 0 Å². The van der Waals surface area contributed by atoms with Crippen LogP contribution in [0.25, 0.3) is 5.69 Å². The average Bonchev–Trinajstić information content (AvgIpc) is 3.20. The summed E-state index contributed by atoms with van der Waals surface area (Å²) >= 11 is 5.91. The molecule has 1 aromatic heterocycles. The highest BCUT2D eigenvalue weighted by molar-refractivity contribution is 6.30. The molecule has 2 heterocycles. The normalized spacial score (nSPS) is 15.5. The van der Waals surface area contributed by atoms with Crippen molar-refractivity contribution in [3.8, 4) is 17.3 Å². The van der Waals surface area contributed by atoms with E-state index in [0.717, 1.165) is 10.1 Å². The van der Waals surface area contributed by atoms with Crippen molar-refractivity contribution in [3.05, 3.63) is 85.5 Å². The third-order valence-corrected chi connectivity index (χ3v) is 5.44. The summed E-state index contributed by atoms with van der Waals surface area (Å²) < 4.78 is 6.13. The predicted octanol–water partition coefficient (Wildman–Crippen LogP) is 2.59. The van der Waals surface area contributed by atoms with Gasteiger partial charge in [-0.2, -0.15) is 5.10 Å². The van der Waals surface area contributed by atoms with Gasteiger partial charge >= 0.3 is 5.69 Å². The van der Waals surface area contributed by atoms with Gasteiger partial charge < -0.3 is 9.84 Å². The Labute approximate surface area is 187 Å².